The van der Waals surface area contributed by atoms with E-state index in [9.17, 15) is 4.79 Å². The van der Waals surface area contributed by atoms with Gasteiger partial charge in [0.2, 0.25) is 0 Å². The van der Waals surface area contributed by atoms with Crippen LogP contribution in [0.15, 0.2) is 24.8 Å². The van der Waals surface area contributed by atoms with Crippen LogP contribution in [0.5, 0.6) is 0 Å². The minimum absolute atomic E-state index is 0.244. The molecule has 0 rings (SSSR count). The molecular weight excluding hydrogens is 164 g/mol. The number of carbonyl (C=O) groups excluding carboxylic acids is 1. The molecule has 0 saturated heterocycles. The van der Waals surface area contributed by atoms with Crippen molar-refractivity contribution in [3.05, 3.63) is 24.8 Å². The molecule has 0 bridgehead atoms. The number of rotatable bonds is 7. The quantitative estimate of drug-likeness (QED) is 0.262. The Hall–Kier alpha value is -1.05. The summed E-state index contributed by atoms with van der Waals surface area (Å²) >= 11 is 0. The first-order valence-electron chi connectivity index (χ1n) is 4.71. The van der Waals surface area contributed by atoms with Crippen molar-refractivity contribution in [2.75, 3.05) is 6.61 Å². The fourth-order valence-corrected chi connectivity index (χ4v) is 0.924. The highest BCUT2D eigenvalue weighted by molar-refractivity contribution is 5.81. The zero-order valence-corrected chi connectivity index (χ0v) is 8.29. The SMILES string of the molecule is C=CCCCCCOC(=O)/C=C/C. The second-order valence-electron chi connectivity index (χ2n) is 2.81. The summed E-state index contributed by atoms with van der Waals surface area (Å²) in [5, 5.41) is 0. The number of hydrogen-bond acceptors (Lipinski definition) is 2. The minimum atomic E-state index is -0.244. The van der Waals surface area contributed by atoms with E-state index in [-0.39, 0.29) is 5.97 Å². The minimum Gasteiger partial charge on any atom is -0.463 e. The van der Waals surface area contributed by atoms with Crippen molar-refractivity contribution in [3.63, 3.8) is 0 Å². The molecule has 13 heavy (non-hydrogen) atoms. The topological polar surface area (TPSA) is 26.3 Å². The van der Waals surface area contributed by atoms with Gasteiger partial charge in [0, 0.05) is 6.08 Å². The third-order valence-electron chi connectivity index (χ3n) is 1.60. The maximum Gasteiger partial charge on any atom is 0.330 e. The van der Waals surface area contributed by atoms with Crippen LogP contribution in [0.2, 0.25) is 0 Å². The highest BCUT2D eigenvalue weighted by atomic mass is 16.5. The van der Waals surface area contributed by atoms with Crippen molar-refractivity contribution in [2.45, 2.75) is 32.6 Å². The van der Waals surface area contributed by atoms with Gasteiger partial charge in [0.05, 0.1) is 6.61 Å². The van der Waals surface area contributed by atoms with Gasteiger partial charge in [-0.1, -0.05) is 12.2 Å². The fourth-order valence-electron chi connectivity index (χ4n) is 0.924. The lowest BCUT2D eigenvalue weighted by atomic mass is 10.2. The molecule has 0 spiro atoms. The van der Waals surface area contributed by atoms with Gasteiger partial charge in [0.15, 0.2) is 0 Å². The molecule has 0 aromatic rings. The van der Waals surface area contributed by atoms with Crippen molar-refractivity contribution in [1.29, 1.82) is 0 Å². The number of allylic oxidation sites excluding steroid dienone is 2. The first kappa shape index (κ1) is 11.9. The van der Waals surface area contributed by atoms with Gasteiger partial charge in [-0.2, -0.15) is 0 Å². The van der Waals surface area contributed by atoms with E-state index in [0.29, 0.717) is 6.61 Å². The van der Waals surface area contributed by atoms with Crippen LogP contribution < -0.4 is 0 Å². The zero-order valence-electron chi connectivity index (χ0n) is 8.29. The van der Waals surface area contributed by atoms with Crippen molar-refractivity contribution in [2.24, 2.45) is 0 Å². The van der Waals surface area contributed by atoms with Crippen LogP contribution in [0.4, 0.5) is 0 Å². The molecule has 0 aliphatic heterocycles. The van der Waals surface area contributed by atoms with Gasteiger partial charge < -0.3 is 4.74 Å². The van der Waals surface area contributed by atoms with Crippen LogP contribution in [0, 0.1) is 0 Å². The molecule has 0 aromatic carbocycles. The van der Waals surface area contributed by atoms with Gasteiger partial charge in [-0.05, 0) is 32.6 Å². The average Bonchev–Trinajstić information content (AvgIpc) is 2.11. The van der Waals surface area contributed by atoms with E-state index in [1.807, 2.05) is 6.08 Å². The number of unbranched alkanes of at least 4 members (excludes halogenated alkanes) is 3. The summed E-state index contributed by atoms with van der Waals surface area (Å²) in [7, 11) is 0. The first-order valence-corrected chi connectivity index (χ1v) is 4.71. The molecule has 0 unspecified atom stereocenters. The number of ether oxygens (including phenoxy) is 1. The molecular formula is C11H18O2. The highest BCUT2D eigenvalue weighted by Gasteiger charge is 1.94. The van der Waals surface area contributed by atoms with E-state index >= 15 is 0 Å². The molecule has 0 atom stereocenters. The van der Waals surface area contributed by atoms with Gasteiger partial charge in [-0.3, -0.25) is 0 Å². The van der Waals surface area contributed by atoms with Crippen LogP contribution >= 0.6 is 0 Å². The monoisotopic (exact) mass is 182 g/mol. The Morgan fingerprint density at radius 2 is 2.15 bits per heavy atom. The molecule has 74 valence electrons. The maximum absolute atomic E-state index is 10.8. The van der Waals surface area contributed by atoms with Crippen LogP contribution in [0.25, 0.3) is 0 Å². The van der Waals surface area contributed by atoms with E-state index in [1.165, 1.54) is 6.08 Å². The summed E-state index contributed by atoms with van der Waals surface area (Å²) in [6.07, 6.45) is 9.23. The Bertz CT molecular complexity index is 171. The van der Waals surface area contributed by atoms with E-state index in [4.69, 9.17) is 4.74 Å². The summed E-state index contributed by atoms with van der Waals surface area (Å²) in [6, 6.07) is 0. The second kappa shape index (κ2) is 9.04. The molecule has 0 fully saturated rings. The lowest BCUT2D eigenvalue weighted by molar-refractivity contribution is -0.137. The standard InChI is InChI=1S/C11H18O2/c1-3-5-6-7-8-10-13-11(12)9-4-2/h3-4,9H,1,5-8,10H2,2H3/b9-4+. The van der Waals surface area contributed by atoms with E-state index in [1.54, 1.807) is 13.0 Å². The first-order chi connectivity index (χ1) is 6.31. The maximum atomic E-state index is 10.8. The van der Waals surface area contributed by atoms with E-state index in [0.717, 1.165) is 25.7 Å². The predicted octanol–water partition coefficient (Wildman–Crippen LogP) is 2.85. The Morgan fingerprint density at radius 1 is 1.38 bits per heavy atom. The third kappa shape index (κ3) is 8.86. The smallest absolute Gasteiger partial charge is 0.330 e. The second-order valence-corrected chi connectivity index (χ2v) is 2.81. The average molecular weight is 182 g/mol. The zero-order chi connectivity index (χ0) is 9.94. The fraction of sp³-hybridized carbons (Fsp3) is 0.545. The van der Waals surface area contributed by atoms with Crippen LogP contribution in [-0.4, -0.2) is 12.6 Å². The summed E-state index contributed by atoms with van der Waals surface area (Å²) < 4.78 is 4.91. The number of esters is 1. The molecule has 0 aliphatic carbocycles. The summed E-state index contributed by atoms with van der Waals surface area (Å²) in [5.74, 6) is -0.244. The lowest BCUT2D eigenvalue weighted by Crippen LogP contribution is -2.01. The predicted molar refractivity (Wildman–Crippen MR) is 54.4 cm³/mol. The van der Waals surface area contributed by atoms with Crippen molar-refractivity contribution in [3.8, 4) is 0 Å². The Kier molecular flexibility index (Phi) is 8.31. The van der Waals surface area contributed by atoms with Gasteiger partial charge in [-0.15, -0.1) is 6.58 Å². The number of carbonyl (C=O) groups is 1. The summed E-state index contributed by atoms with van der Waals surface area (Å²) in [6.45, 7) is 5.96. The van der Waals surface area contributed by atoms with Crippen molar-refractivity contribution in [1.82, 2.24) is 0 Å². The van der Waals surface area contributed by atoms with Crippen LogP contribution in [0.1, 0.15) is 32.6 Å². The van der Waals surface area contributed by atoms with Gasteiger partial charge in [0.25, 0.3) is 0 Å². The summed E-state index contributed by atoms with van der Waals surface area (Å²) in [4.78, 5) is 10.8. The van der Waals surface area contributed by atoms with Crippen LogP contribution in [0.3, 0.4) is 0 Å². The van der Waals surface area contributed by atoms with Gasteiger partial charge >= 0.3 is 5.97 Å². The van der Waals surface area contributed by atoms with E-state index in [2.05, 4.69) is 6.58 Å². The molecule has 0 saturated carbocycles. The van der Waals surface area contributed by atoms with Crippen LogP contribution in [-0.2, 0) is 9.53 Å². The summed E-state index contributed by atoms with van der Waals surface area (Å²) in [5.41, 5.74) is 0. The third-order valence-corrected chi connectivity index (χ3v) is 1.60. The molecule has 2 heteroatoms. The van der Waals surface area contributed by atoms with E-state index < -0.39 is 0 Å². The largest absolute Gasteiger partial charge is 0.463 e. The Labute approximate surface area is 80.3 Å². The Balaban J connectivity index is 3.15. The Morgan fingerprint density at radius 3 is 2.77 bits per heavy atom. The van der Waals surface area contributed by atoms with Crippen molar-refractivity contribution < 1.29 is 9.53 Å². The molecule has 0 amide bonds. The van der Waals surface area contributed by atoms with Gasteiger partial charge in [-0.25, -0.2) is 4.79 Å². The normalized spacial score (nSPS) is 10.2. The van der Waals surface area contributed by atoms with Crippen molar-refractivity contribution >= 4 is 5.97 Å². The lowest BCUT2D eigenvalue weighted by Gasteiger charge is -2.00. The molecule has 0 N–H and O–H groups in total. The van der Waals surface area contributed by atoms with Gasteiger partial charge in [0.1, 0.15) is 0 Å². The highest BCUT2D eigenvalue weighted by Crippen LogP contribution is 2.00. The molecule has 0 radical (unpaired) electrons. The number of hydrogen-bond donors (Lipinski definition) is 0. The molecule has 0 heterocycles. The molecule has 0 aromatic heterocycles. The molecule has 2 nitrogen and oxygen atoms in total. The molecule has 0 aliphatic rings.